The summed E-state index contributed by atoms with van der Waals surface area (Å²) >= 11 is 7.32. The molecule has 0 aliphatic heterocycles. The number of benzene rings is 1. The fourth-order valence-corrected chi connectivity index (χ4v) is 4.94. The Balaban J connectivity index is 1.78. The molecular formula is C19H22ClN3O2S. The van der Waals surface area contributed by atoms with Gasteiger partial charge in [0.25, 0.3) is 5.91 Å². The van der Waals surface area contributed by atoms with Crippen LogP contribution in [0.5, 0.6) is 0 Å². The summed E-state index contributed by atoms with van der Waals surface area (Å²) in [5, 5.41) is 6.66. The Morgan fingerprint density at radius 1 is 1.27 bits per heavy atom. The van der Waals surface area contributed by atoms with Crippen molar-refractivity contribution in [2.75, 3.05) is 10.6 Å². The van der Waals surface area contributed by atoms with Gasteiger partial charge in [-0.3, -0.25) is 10.1 Å². The van der Waals surface area contributed by atoms with Crippen LogP contribution in [-0.4, -0.2) is 11.9 Å². The molecule has 3 rings (SSSR count). The van der Waals surface area contributed by atoms with Crippen molar-refractivity contribution in [3.05, 3.63) is 45.3 Å². The quantitative estimate of drug-likeness (QED) is 0.666. The van der Waals surface area contributed by atoms with Crippen LogP contribution in [-0.2, 0) is 12.8 Å². The smallest absolute Gasteiger partial charge is 0.324 e. The van der Waals surface area contributed by atoms with Crippen LogP contribution in [0.4, 0.5) is 15.5 Å². The third kappa shape index (κ3) is 4.19. The Labute approximate surface area is 161 Å². The summed E-state index contributed by atoms with van der Waals surface area (Å²) in [6.45, 7) is 2.19. The van der Waals surface area contributed by atoms with E-state index in [1.54, 1.807) is 24.3 Å². The van der Waals surface area contributed by atoms with E-state index >= 15 is 0 Å². The Hall–Kier alpha value is -2.05. The molecule has 0 saturated heterocycles. The minimum absolute atomic E-state index is 0.404. The molecule has 0 radical (unpaired) electrons. The van der Waals surface area contributed by atoms with Gasteiger partial charge in [0.15, 0.2) is 0 Å². The van der Waals surface area contributed by atoms with Gasteiger partial charge in [0.05, 0.1) is 5.56 Å². The van der Waals surface area contributed by atoms with E-state index in [0.29, 0.717) is 27.2 Å². The van der Waals surface area contributed by atoms with E-state index in [2.05, 4.69) is 17.6 Å². The molecule has 2 aromatic rings. The molecule has 0 saturated carbocycles. The number of hydrogen-bond donors (Lipinski definition) is 3. The van der Waals surface area contributed by atoms with Gasteiger partial charge in [-0.05, 0) is 55.0 Å². The zero-order valence-corrected chi connectivity index (χ0v) is 16.2. The zero-order valence-electron chi connectivity index (χ0n) is 14.6. The number of amides is 3. The molecular weight excluding hydrogens is 370 g/mol. The molecule has 0 spiro atoms. The lowest BCUT2D eigenvalue weighted by Crippen LogP contribution is -2.22. The number of urea groups is 1. The molecule has 5 nitrogen and oxygen atoms in total. The first-order valence-electron chi connectivity index (χ1n) is 8.75. The highest BCUT2D eigenvalue weighted by atomic mass is 35.5. The molecule has 3 amide bonds. The summed E-state index contributed by atoms with van der Waals surface area (Å²) in [4.78, 5) is 25.5. The topological polar surface area (TPSA) is 84.2 Å². The lowest BCUT2D eigenvalue weighted by Gasteiger charge is -2.21. The second-order valence-corrected chi connectivity index (χ2v) is 8.10. The van der Waals surface area contributed by atoms with Gasteiger partial charge in [-0.1, -0.05) is 31.4 Å². The molecule has 1 unspecified atom stereocenters. The highest BCUT2D eigenvalue weighted by Crippen LogP contribution is 2.40. The first kappa shape index (κ1) is 18.7. The third-order valence-electron chi connectivity index (χ3n) is 4.64. The lowest BCUT2D eigenvalue weighted by atomic mass is 9.84. The fourth-order valence-electron chi connectivity index (χ4n) is 3.46. The predicted molar refractivity (Wildman–Crippen MR) is 107 cm³/mol. The van der Waals surface area contributed by atoms with Crippen molar-refractivity contribution in [3.63, 3.8) is 0 Å². The highest BCUT2D eigenvalue weighted by Gasteiger charge is 2.28. The molecule has 1 atom stereocenters. The number of carbonyl (C=O) groups is 2. The van der Waals surface area contributed by atoms with Crippen LogP contribution in [0.25, 0.3) is 0 Å². The van der Waals surface area contributed by atoms with Crippen molar-refractivity contribution in [3.8, 4) is 0 Å². The highest BCUT2D eigenvalue weighted by molar-refractivity contribution is 7.17. The van der Waals surface area contributed by atoms with Crippen LogP contribution < -0.4 is 16.4 Å². The Bertz CT molecular complexity index is 817. The van der Waals surface area contributed by atoms with E-state index in [-0.39, 0.29) is 0 Å². The normalized spacial score (nSPS) is 16.0. The summed E-state index contributed by atoms with van der Waals surface area (Å²) in [5.74, 6) is 0.154. The van der Waals surface area contributed by atoms with Crippen LogP contribution in [0, 0.1) is 5.92 Å². The molecule has 138 valence electrons. The molecule has 26 heavy (non-hydrogen) atoms. The minimum Gasteiger partial charge on any atom is -0.365 e. The van der Waals surface area contributed by atoms with Gasteiger partial charge in [0, 0.05) is 15.6 Å². The van der Waals surface area contributed by atoms with Crippen LogP contribution in [0.15, 0.2) is 24.3 Å². The Morgan fingerprint density at radius 2 is 2.00 bits per heavy atom. The van der Waals surface area contributed by atoms with Gasteiger partial charge >= 0.3 is 6.03 Å². The second-order valence-electron chi connectivity index (χ2n) is 6.56. The molecule has 0 bridgehead atoms. The maximum Gasteiger partial charge on any atom is 0.324 e. The van der Waals surface area contributed by atoms with Crippen molar-refractivity contribution in [1.82, 2.24) is 0 Å². The van der Waals surface area contributed by atoms with Crippen LogP contribution >= 0.6 is 22.9 Å². The molecule has 7 heteroatoms. The third-order valence-corrected chi connectivity index (χ3v) is 6.06. The molecule has 1 aliphatic rings. The number of nitrogens with two attached hydrogens (primary N) is 1. The number of rotatable bonds is 5. The van der Waals surface area contributed by atoms with Gasteiger partial charge in [-0.25, -0.2) is 4.79 Å². The van der Waals surface area contributed by atoms with Crippen molar-refractivity contribution >= 4 is 45.6 Å². The predicted octanol–water partition coefficient (Wildman–Crippen LogP) is 5.05. The largest absolute Gasteiger partial charge is 0.365 e. The monoisotopic (exact) mass is 391 g/mol. The number of fused-ring (bicyclic) bond motifs is 1. The second kappa shape index (κ2) is 8.10. The van der Waals surface area contributed by atoms with Crippen molar-refractivity contribution in [1.29, 1.82) is 0 Å². The van der Waals surface area contributed by atoms with Crippen molar-refractivity contribution in [2.24, 2.45) is 11.7 Å². The number of nitrogens with one attached hydrogen (secondary N) is 2. The van der Waals surface area contributed by atoms with Gasteiger partial charge in [0.1, 0.15) is 5.00 Å². The molecule has 1 aliphatic carbocycles. The van der Waals surface area contributed by atoms with Crippen molar-refractivity contribution < 1.29 is 9.59 Å². The van der Waals surface area contributed by atoms with Gasteiger partial charge in [-0.15, -0.1) is 11.3 Å². The van der Waals surface area contributed by atoms with E-state index in [4.69, 9.17) is 17.3 Å². The Morgan fingerprint density at radius 3 is 2.65 bits per heavy atom. The molecule has 1 heterocycles. The maximum atomic E-state index is 12.3. The zero-order chi connectivity index (χ0) is 18.7. The molecule has 1 aromatic carbocycles. The van der Waals surface area contributed by atoms with Gasteiger partial charge in [-0.2, -0.15) is 0 Å². The van der Waals surface area contributed by atoms with Crippen molar-refractivity contribution in [2.45, 2.75) is 39.0 Å². The summed E-state index contributed by atoms with van der Waals surface area (Å²) in [6, 6.07) is 6.42. The summed E-state index contributed by atoms with van der Waals surface area (Å²) in [6.07, 6.45) is 5.20. The van der Waals surface area contributed by atoms with Crippen LogP contribution in [0.2, 0.25) is 5.02 Å². The number of primary amides is 1. The van der Waals surface area contributed by atoms with Gasteiger partial charge < -0.3 is 11.1 Å². The lowest BCUT2D eigenvalue weighted by molar-refractivity contribution is 0.1000. The number of carbonyl (C=O) groups excluding carboxylic acids is 2. The average molecular weight is 392 g/mol. The van der Waals surface area contributed by atoms with E-state index < -0.39 is 11.9 Å². The summed E-state index contributed by atoms with van der Waals surface area (Å²) in [5.41, 5.74) is 7.70. The minimum atomic E-state index is -0.488. The average Bonchev–Trinajstić information content (AvgIpc) is 2.94. The van der Waals surface area contributed by atoms with E-state index in [1.807, 2.05) is 0 Å². The maximum absolute atomic E-state index is 12.3. The van der Waals surface area contributed by atoms with E-state index in [1.165, 1.54) is 22.6 Å². The number of halogens is 1. The Kier molecular flexibility index (Phi) is 5.84. The molecule has 0 fully saturated rings. The van der Waals surface area contributed by atoms with E-state index in [0.717, 1.165) is 31.2 Å². The number of anilines is 2. The van der Waals surface area contributed by atoms with Gasteiger partial charge in [0.2, 0.25) is 0 Å². The SMILES string of the molecule is CCCC1CCc2c(sc(NC(=O)Nc3ccc(Cl)cc3)c2C(N)=O)C1. The number of hydrogen-bond acceptors (Lipinski definition) is 3. The summed E-state index contributed by atoms with van der Waals surface area (Å²) < 4.78 is 0. The van der Waals surface area contributed by atoms with Crippen LogP contribution in [0.1, 0.15) is 47.0 Å². The van der Waals surface area contributed by atoms with E-state index in [9.17, 15) is 9.59 Å². The summed E-state index contributed by atoms with van der Waals surface area (Å²) in [7, 11) is 0. The molecule has 4 N–H and O–H groups in total. The first-order valence-corrected chi connectivity index (χ1v) is 9.95. The first-order chi connectivity index (χ1) is 12.5. The fraction of sp³-hybridized carbons (Fsp3) is 0.368. The standard InChI is InChI=1S/C19H22ClN3O2S/c1-2-3-11-4-9-14-15(10-11)26-18(16(14)17(21)24)23-19(25)22-13-7-5-12(20)6-8-13/h5-8,11H,2-4,9-10H2,1H3,(H2,21,24)(H2,22,23,25). The van der Waals surface area contributed by atoms with Crippen LogP contribution in [0.3, 0.4) is 0 Å². The molecule has 1 aromatic heterocycles. The number of thiophene rings is 1.